The molecule has 1 saturated heterocycles. The molecule has 1 atom stereocenters. The van der Waals surface area contributed by atoms with Crippen molar-refractivity contribution in [3.63, 3.8) is 0 Å². The molecule has 19 heavy (non-hydrogen) atoms. The molecule has 0 saturated carbocycles. The number of ether oxygens (including phenoxy) is 1. The highest BCUT2D eigenvalue weighted by molar-refractivity contribution is 6.66. The van der Waals surface area contributed by atoms with Gasteiger partial charge in [0.1, 0.15) is 0 Å². The third kappa shape index (κ3) is 5.77. The molecular formula is C15H30O3Si. The van der Waals surface area contributed by atoms with Crippen LogP contribution in [0.5, 0.6) is 0 Å². The molecule has 1 aliphatic heterocycles. The van der Waals surface area contributed by atoms with Gasteiger partial charge in [0.25, 0.3) is 0 Å². The molecule has 0 N–H and O–H groups in total. The SMILES string of the molecule is CCO[Si](C)(CC=C(C)CCC1OC1(C)C)OCC. The van der Waals surface area contributed by atoms with Gasteiger partial charge in [-0.25, -0.2) is 0 Å². The van der Waals surface area contributed by atoms with E-state index in [9.17, 15) is 0 Å². The highest BCUT2D eigenvalue weighted by Crippen LogP contribution is 2.39. The Balaban J connectivity index is 2.36. The molecule has 0 radical (unpaired) electrons. The van der Waals surface area contributed by atoms with Crippen LogP contribution in [0.1, 0.15) is 47.5 Å². The van der Waals surface area contributed by atoms with Gasteiger partial charge in [-0.15, -0.1) is 0 Å². The fraction of sp³-hybridized carbons (Fsp3) is 0.867. The lowest BCUT2D eigenvalue weighted by Gasteiger charge is -2.24. The molecular weight excluding hydrogens is 256 g/mol. The predicted molar refractivity (Wildman–Crippen MR) is 81.6 cm³/mol. The van der Waals surface area contributed by atoms with E-state index in [4.69, 9.17) is 13.6 Å². The number of allylic oxidation sites excluding steroid dienone is 2. The van der Waals surface area contributed by atoms with Crippen molar-refractivity contribution in [2.24, 2.45) is 0 Å². The first-order valence-electron chi connectivity index (χ1n) is 7.44. The Morgan fingerprint density at radius 1 is 1.26 bits per heavy atom. The van der Waals surface area contributed by atoms with Gasteiger partial charge in [-0.3, -0.25) is 0 Å². The van der Waals surface area contributed by atoms with Gasteiger partial charge < -0.3 is 13.6 Å². The maximum atomic E-state index is 5.84. The molecule has 0 amide bonds. The predicted octanol–water partition coefficient (Wildman–Crippen LogP) is 4.04. The van der Waals surface area contributed by atoms with Crippen LogP contribution in [0.25, 0.3) is 0 Å². The lowest BCUT2D eigenvalue weighted by Crippen LogP contribution is -2.38. The second-order valence-electron chi connectivity index (χ2n) is 6.00. The maximum Gasteiger partial charge on any atom is 0.338 e. The Hall–Kier alpha value is -0.163. The van der Waals surface area contributed by atoms with Crippen LogP contribution in [0.4, 0.5) is 0 Å². The molecule has 112 valence electrons. The summed E-state index contributed by atoms with van der Waals surface area (Å²) in [6.07, 6.45) is 4.97. The summed E-state index contributed by atoms with van der Waals surface area (Å²) in [6, 6.07) is 0.940. The minimum Gasteiger partial charge on any atom is -0.394 e. The topological polar surface area (TPSA) is 31.0 Å². The molecule has 0 bridgehead atoms. The molecule has 0 aromatic rings. The van der Waals surface area contributed by atoms with Gasteiger partial charge in [0.15, 0.2) is 0 Å². The van der Waals surface area contributed by atoms with Crippen molar-refractivity contribution in [3.05, 3.63) is 11.6 Å². The van der Waals surface area contributed by atoms with Crippen LogP contribution in [0.3, 0.4) is 0 Å². The molecule has 0 aromatic carbocycles. The Labute approximate surface area is 119 Å². The van der Waals surface area contributed by atoms with Crippen LogP contribution < -0.4 is 0 Å². The van der Waals surface area contributed by atoms with E-state index in [0.29, 0.717) is 6.10 Å². The fourth-order valence-corrected chi connectivity index (χ4v) is 4.59. The van der Waals surface area contributed by atoms with Crippen LogP contribution in [-0.4, -0.2) is 33.5 Å². The Morgan fingerprint density at radius 2 is 1.79 bits per heavy atom. The van der Waals surface area contributed by atoms with Crippen molar-refractivity contribution in [1.29, 1.82) is 0 Å². The Morgan fingerprint density at radius 3 is 2.21 bits per heavy atom. The van der Waals surface area contributed by atoms with Gasteiger partial charge >= 0.3 is 8.56 Å². The Kier molecular flexibility index (Phi) is 6.24. The standard InChI is InChI=1S/C15H30O3Si/c1-7-16-19(6,17-8-2)12-11-13(3)9-10-14-15(4,5)18-14/h11,14H,7-10,12H2,1-6H3. The summed E-state index contributed by atoms with van der Waals surface area (Å²) in [4.78, 5) is 0. The molecule has 1 rings (SSSR count). The van der Waals surface area contributed by atoms with Crippen LogP contribution in [0, 0.1) is 0 Å². The van der Waals surface area contributed by atoms with Crippen molar-refractivity contribution in [2.45, 2.75) is 71.8 Å². The summed E-state index contributed by atoms with van der Waals surface area (Å²) >= 11 is 0. The zero-order chi connectivity index (χ0) is 14.5. The van der Waals surface area contributed by atoms with E-state index >= 15 is 0 Å². The maximum absolute atomic E-state index is 5.84. The van der Waals surface area contributed by atoms with Gasteiger partial charge in [-0.05, 0) is 54.0 Å². The summed E-state index contributed by atoms with van der Waals surface area (Å²) in [6.45, 7) is 14.2. The van der Waals surface area contributed by atoms with E-state index < -0.39 is 8.56 Å². The highest BCUT2D eigenvalue weighted by atomic mass is 28.4. The average Bonchev–Trinajstić information content (AvgIpc) is 2.93. The Bertz CT molecular complexity index is 307. The number of hydrogen-bond acceptors (Lipinski definition) is 3. The first kappa shape index (κ1) is 16.9. The lowest BCUT2D eigenvalue weighted by molar-refractivity contribution is 0.192. The third-order valence-electron chi connectivity index (χ3n) is 3.69. The molecule has 0 aliphatic carbocycles. The molecule has 0 spiro atoms. The first-order chi connectivity index (χ1) is 8.83. The fourth-order valence-electron chi connectivity index (χ4n) is 2.33. The van der Waals surface area contributed by atoms with E-state index in [-0.39, 0.29) is 5.60 Å². The zero-order valence-electron chi connectivity index (χ0n) is 13.4. The molecule has 4 heteroatoms. The minimum atomic E-state index is -1.99. The van der Waals surface area contributed by atoms with Gasteiger partial charge in [-0.1, -0.05) is 11.6 Å². The average molecular weight is 286 g/mol. The van der Waals surface area contributed by atoms with Gasteiger partial charge in [0.2, 0.25) is 0 Å². The number of hydrogen-bond donors (Lipinski definition) is 0. The van der Waals surface area contributed by atoms with Crippen molar-refractivity contribution in [2.75, 3.05) is 13.2 Å². The second-order valence-corrected chi connectivity index (χ2v) is 9.26. The largest absolute Gasteiger partial charge is 0.394 e. The summed E-state index contributed by atoms with van der Waals surface area (Å²) in [5.41, 5.74) is 1.53. The van der Waals surface area contributed by atoms with Gasteiger partial charge in [0.05, 0.1) is 11.7 Å². The lowest BCUT2D eigenvalue weighted by atomic mass is 10.0. The van der Waals surface area contributed by atoms with Crippen molar-refractivity contribution in [3.8, 4) is 0 Å². The molecule has 1 aliphatic rings. The molecule has 1 heterocycles. The van der Waals surface area contributed by atoms with Crippen LogP contribution in [0.2, 0.25) is 12.6 Å². The molecule has 3 nitrogen and oxygen atoms in total. The number of rotatable bonds is 9. The van der Waals surface area contributed by atoms with Gasteiger partial charge in [0, 0.05) is 19.3 Å². The van der Waals surface area contributed by atoms with E-state index in [1.54, 1.807) is 0 Å². The molecule has 1 unspecified atom stereocenters. The monoisotopic (exact) mass is 286 g/mol. The quantitative estimate of drug-likeness (QED) is 0.364. The van der Waals surface area contributed by atoms with E-state index in [0.717, 1.165) is 32.1 Å². The van der Waals surface area contributed by atoms with E-state index in [1.807, 2.05) is 13.8 Å². The minimum absolute atomic E-state index is 0.111. The summed E-state index contributed by atoms with van der Waals surface area (Å²) in [5.74, 6) is 0. The van der Waals surface area contributed by atoms with Crippen LogP contribution in [0.15, 0.2) is 11.6 Å². The van der Waals surface area contributed by atoms with Crippen LogP contribution >= 0.6 is 0 Å². The summed E-state index contributed by atoms with van der Waals surface area (Å²) in [5, 5.41) is 0. The third-order valence-corrected chi connectivity index (χ3v) is 6.43. The van der Waals surface area contributed by atoms with Crippen molar-refractivity contribution in [1.82, 2.24) is 0 Å². The normalized spacial score (nSPS) is 22.6. The van der Waals surface area contributed by atoms with Crippen molar-refractivity contribution < 1.29 is 13.6 Å². The summed E-state index contributed by atoms with van der Waals surface area (Å²) < 4.78 is 17.3. The van der Waals surface area contributed by atoms with E-state index in [1.165, 1.54) is 5.57 Å². The molecule has 0 aromatic heterocycles. The summed E-state index contributed by atoms with van der Waals surface area (Å²) in [7, 11) is -1.99. The molecule has 1 fully saturated rings. The van der Waals surface area contributed by atoms with Crippen molar-refractivity contribution >= 4 is 8.56 Å². The first-order valence-corrected chi connectivity index (χ1v) is 9.96. The van der Waals surface area contributed by atoms with E-state index in [2.05, 4.69) is 33.4 Å². The second kappa shape index (κ2) is 7.02. The van der Waals surface area contributed by atoms with Gasteiger partial charge in [-0.2, -0.15) is 0 Å². The highest BCUT2D eigenvalue weighted by Gasteiger charge is 2.46. The smallest absolute Gasteiger partial charge is 0.338 e. The van der Waals surface area contributed by atoms with Crippen LogP contribution in [-0.2, 0) is 13.6 Å². The number of epoxide rings is 1. The zero-order valence-corrected chi connectivity index (χ0v) is 14.4.